The summed E-state index contributed by atoms with van der Waals surface area (Å²) in [5.74, 6) is -1.08. The van der Waals surface area contributed by atoms with E-state index in [-0.39, 0.29) is 22.4 Å². The Kier molecular flexibility index (Phi) is 5.92. The molecule has 1 aromatic heterocycles. The standard InChI is InChI=1S/C13H13N5O6S/c1-7-14-11(17-13(15-7)23-2)16-12(21)18-24-25(22)9-6-4-3-5-8(9)10(19)20/h3-6H,1-2H3,(H,19,20)(H2,14,15,16,17,18,21). The van der Waals surface area contributed by atoms with E-state index in [0.717, 1.165) is 0 Å². The van der Waals surface area contributed by atoms with Gasteiger partial charge in [0.2, 0.25) is 17.0 Å². The van der Waals surface area contributed by atoms with Crippen molar-refractivity contribution in [2.45, 2.75) is 11.8 Å². The summed E-state index contributed by atoms with van der Waals surface area (Å²) in [5.41, 5.74) is 1.66. The number of carbonyl (C=O) groups excluding carboxylic acids is 1. The van der Waals surface area contributed by atoms with Crippen molar-refractivity contribution in [2.75, 3.05) is 12.4 Å². The second-order valence-electron chi connectivity index (χ2n) is 4.37. The van der Waals surface area contributed by atoms with Crippen LogP contribution >= 0.6 is 0 Å². The van der Waals surface area contributed by atoms with E-state index in [1.165, 1.54) is 31.4 Å². The number of nitrogens with zero attached hydrogens (tertiary/aromatic N) is 3. The molecule has 0 aliphatic carbocycles. The number of amides is 2. The van der Waals surface area contributed by atoms with Gasteiger partial charge in [-0.1, -0.05) is 12.1 Å². The fourth-order valence-corrected chi connectivity index (χ4v) is 2.41. The Hall–Kier alpha value is -3.12. The van der Waals surface area contributed by atoms with Gasteiger partial charge in [0.25, 0.3) is 0 Å². The molecule has 1 unspecified atom stereocenters. The van der Waals surface area contributed by atoms with Gasteiger partial charge < -0.3 is 9.84 Å². The van der Waals surface area contributed by atoms with Gasteiger partial charge in [-0.25, -0.2) is 19.3 Å². The van der Waals surface area contributed by atoms with Crippen LogP contribution in [-0.4, -0.2) is 43.4 Å². The lowest BCUT2D eigenvalue weighted by atomic mass is 10.2. The van der Waals surface area contributed by atoms with Crippen molar-refractivity contribution < 1.29 is 27.9 Å². The highest BCUT2D eigenvalue weighted by atomic mass is 32.2. The van der Waals surface area contributed by atoms with Crippen LogP contribution in [0.3, 0.4) is 0 Å². The minimum Gasteiger partial charge on any atom is -0.478 e. The normalized spacial score (nSPS) is 11.4. The molecule has 0 fully saturated rings. The molecular formula is C13H13N5O6S. The molecule has 0 saturated heterocycles. The van der Waals surface area contributed by atoms with E-state index in [9.17, 15) is 13.8 Å². The number of carboxylic acids is 1. The molecule has 2 aromatic rings. The SMILES string of the molecule is COc1nc(C)nc(NC(=O)NOS(=O)c2ccccc2C(=O)O)n1. The lowest BCUT2D eigenvalue weighted by Crippen LogP contribution is -2.30. The van der Waals surface area contributed by atoms with Gasteiger partial charge in [-0.05, 0) is 19.1 Å². The lowest BCUT2D eigenvalue weighted by molar-refractivity contribution is 0.0692. The van der Waals surface area contributed by atoms with Crippen LogP contribution in [0.15, 0.2) is 29.2 Å². The van der Waals surface area contributed by atoms with Crippen LogP contribution in [0.4, 0.5) is 10.7 Å². The largest absolute Gasteiger partial charge is 0.478 e. The van der Waals surface area contributed by atoms with Crippen LogP contribution in [0.2, 0.25) is 0 Å². The Labute approximate surface area is 144 Å². The number of anilines is 1. The summed E-state index contributed by atoms with van der Waals surface area (Å²) < 4.78 is 21.5. The van der Waals surface area contributed by atoms with Crippen molar-refractivity contribution in [3.63, 3.8) is 0 Å². The maximum Gasteiger partial charge on any atom is 0.346 e. The first kappa shape index (κ1) is 18.2. The van der Waals surface area contributed by atoms with E-state index in [2.05, 4.69) is 24.6 Å². The Balaban J connectivity index is 2.00. The maximum atomic E-state index is 12.0. The molecule has 2 amide bonds. The number of nitrogens with one attached hydrogen (secondary N) is 2. The summed E-state index contributed by atoms with van der Waals surface area (Å²) in [7, 11) is 1.35. The molecule has 1 aromatic carbocycles. The second kappa shape index (κ2) is 8.12. The summed E-state index contributed by atoms with van der Waals surface area (Å²) in [4.78, 5) is 34.2. The third kappa shape index (κ3) is 4.92. The minimum absolute atomic E-state index is 0.00248. The zero-order valence-electron chi connectivity index (χ0n) is 13.0. The Bertz CT molecular complexity index is 830. The van der Waals surface area contributed by atoms with Crippen LogP contribution in [0.1, 0.15) is 16.2 Å². The number of urea groups is 1. The smallest absolute Gasteiger partial charge is 0.346 e. The van der Waals surface area contributed by atoms with Gasteiger partial charge in [0.05, 0.1) is 17.6 Å². The van der Waals surface area contributed by atoms with Crippen LogP contribution in [0.25, 0.3) is 0 Å². The fourth-order valence-electron chi connectivity index (χ4n) is 1.64. The van der Waals surface area contributed by atoms with E-state index < -0.39 is 23.1 Å². The first-order chi connectivity index (χ1) is 11.9. The lowest BCUT2D eigenvalue weighted by Gasteiger charge is -2.08. The first-order valence-corrected chi connectivity index (χ1v) is 7.73. The van der Waals surface area contributed by atoms with E-state index in [1.807, 2.05) is 5.48 Å². The van der Waals surface area contributed by atoms with E-state index in [4.69, 9.17) is 9.84 Å². The molecule has 0 saturated carbocycles. The van der Waals surface area contributed by atoms with Crippen LogP contribution < -0.4 is 15.5 Å². The molecule has 1 atom stereocenters. The monoisotopic (exact) mass is 367 g/mol. The van der Waals surface area contributed by atoms with E-state index in [1.54, 1.807) is 6.92 Å². The molecule has 0 spiro atoms. The van der Waals surface area contributed by atoms with Crippen molar-refractivity contribution in [3.8, 4) is 6.01 Å². The average molecular weight is 367 g/mol. The highest BCUT2D eigenvalue weighted by molar-refractivity contribution is 7.80. The molecule has 0 aliphatic rings. The van der Waals surface area contributed by atoms with Crippen LogP contribution in [-0.2, 0) is 15.4 Å². The van der Waals surface area contributed by atoms with Gasteiger partial charge in [0, 0.05) is 0 Å². The van der Waals surface area contributed by atoms with Gasteiger partial charge in [-0.2, -0.15) is 19.2 Å². The number of hydrogen-bond donors (Lipinski definition) is 3. The van der Waals surface area contributed by atoms with Crippen molar-refractivity contribution >= 4 is 29.0 Å². The summed E-state index contributed by atoms with van der Waals surface area (Å²) in [6.45, 7) is 1.57. The number of benzene rings is 1. The molecule has 2 rings (SSSR count). The average Bonchev–Trinajstić information content (AvgIpc) is 2.59. The Morgan fingerprint density at radius 1 is 1.20 bits per heavy atom. The Morgan fingerprint density at radius 2 is 1.92 bits per heavy atom. The molecule has 12 heteroatoms. The molecule has 132 valence electrons. The number of carbonyl (C=O) groups is 2. The van der Waals surface area contributed by atoms with Crippen molar-refractivity contribution in [3.05, 3.63) is 35.7 Å². The second-order valence-corrected chi connectivity index (χ2v) is 5.44. The van der Waals surface area contributed by atoms with Crippen molar-refractivity contribution in [1.29, 1.82) is 0 Å². The van der Waals surface area contributed by atoms with Crippen molar-refractivity contribution in [2.24, 2.45) is 0 Å². The van der Waals surface area contributed by atoms with E-state index >= 15 is 0 Å². The van der Waals surface area contributed by atoms with E-state index in [0.29, 0.717) is 5.82 Å². The highest BCUT2D eigenvalue weighted by Gasteiger charge is 2.17. The van der Waals surface area contributed by atoms with Crippen molar-refractivity contribution in [1.82, 2.24) is 20.4 Å². The van der Waals surface area contributed by atoms with Gasteiger partial charge in [0.15, 0.2) is 0 Å². The van der Waals surface area contributed by atoms with Gasteiger partial charge in [-0.3, -0.25) is 5.32 Å². The fraction of sp³-hybridized carbons (Fsp3) is 0.154. The zero-order valence-corrected chi connectivity index (χ0v) is 13.9. The molecular weight excluding hydrogens is 354 g/mol. The van der Waals surface area contributed by atoms with Gasteiger partial charge in [0.1, 0.15) is 5.82 Å². The van der Waals surface area contributed by atoms with Gasteiger partial charge in [-0.15, -0.1) is 0 Å². The molecule has 1 heterocycles. The Morgan fingerprint density at radius 3 is 2.60 bits per heavy atom. The molecule has 0 bridgehead atoms. The van der Waals surface area contributed by atoms with Gasteiger partial charge >= 0.3 is 18.0 Å². The summed E-state index contributed by atoms with van der Waals surface area (Å²) in [5, 5.41) is 11.3. The number of methoxy groups -OCH3 is 1. The topological polar surface area (TPSA) is 153 Å². The number of rotatable bonds is 6. The molecule has 0 radical (unpaired) electrons. The molecule has 11 nitrogen and oxygen atoms in total. The number of carboxylic acid groups (broad SMARTS) is 1. The number of aromatic carboxylic acids is 1. The number of hydroxylamine groups is 1. The predicted molar refractivity (Wildman–Crippen MR) is 84.2 cm³/mol. The number of hydrogen-bond acceptors (Lipinski definition) is 8. The predicted octanol–water partition coefficient (Wildman–Crippen LogP) is 0.663. The third-order valence-corrected chi connectivity index (χ3v) is 3.59. The summed E-state index contributed by atoms with van der Waals surface area (Å²) in [6, 6.07) is 4.61. The first-order valence-electron chi connectivity index (χ1n) is 6.65. The minimum atomic E-state index is -2.24. The van der Waals surface area contributed by atoms with Crippen LogP contribution in [0, 0.1) is 6.92 Å². The molecule has 0 aliphatic heterocycles. The summed E-state index contributed by atoms with van der Waals surface area (Å²) in [6.07, 6.45) is 0. The molecule has 3 N–H and O–H groups in total. The molecule has 25 heavy (non-hydrogen) atoms. The number of aromatic nitrogens is 3. The van der Waals surface area contributed by atoms with Crippen LogP contribution in [0.5, 0.6) is 6.01 Å². The third-order valence-electron chi connectivity index (χ3n) is 2.64. The summed E-state index contributed by atoms with van der Waals surface area (Å²) >= 11 is -2.24. The quantitative estimate of drug-likeness (QED) is 0.625. The number of ether oxygens (including phenoxy) is 1. The number of aryl methyl sites for hydroxylation is 1. The maximum absolute atomic E-state index is 12.0. The highest BCUT2D eigenvalue weighted by Crippen LogP contribution is 2.14. The zero-order chi connectivity index (χ0) is 18.4.